The summed E-state index contributed by atoms with van der Waals surface area (Å²) in [4.78, 5) is 25.7. The number of urea groups is 1. The summed E-state index contributed by atoms with van der Waals surface area (Å²) in [5.41, 5.74) is 1.20. The second-order valence-corrected chi connectivity index (χ2v) is 8.54. The van der Waals surface area contributed by atoms with Crippen molar-refractivity contribution in [3.05, 3.63) is 58.0 Å². The van der Waals surface area contributed by atoms with Gasteiger partial charge in [0.1, 0.15) is 12.4 Å². The van der Waals surface area contributed by atoms with Crippen LogP contribution in [-0.2, 0) is 4.79 Å². The molecule has 0 spiro atoms. The summed E-state index contributed by atoms with van der Waals surface area (Å²) in [5.74, 6) is -0.663. The molecule has 1 aliphatic heterocycles. The van der Waals surface area contributed by atoms with E-state index < -0.39 is 11.6 Å². The number of rotatable bonds is 4. The van der Waals surface area contributed by atoms with Gasteiger partial charge in [0, 0.05) is 12.0 Å². The monoisotopic (exact) mass is 402 g/mol. The first-order chi connectivity index (χ1) is 13.2. The Morgan fingerprint density at radius 3 is 2.57 bits per heavy atom. The minimum Gasteiger partial charge on any atom is -0.334 e. The molecular formula is C20H23FN4O2S. The molecule has 2 N–H and O–H groups in total. The predicted molar refractivity (Wildman–Crippen MR) is 108 cm³/mol. The van der Waals surface area contributed by atoms with E-state index in [1.54, 1.807) is 23.5 Å². The number of hydrogen-bond acceptors (Lipinski definition) is 4. The zero-order valence-electron chi connectivity index (χ0n) is 16.0. The lowest BCUT2D eigenvalue weighted by Crippen LogP contribution is -2.49. The van der Waals surface area contributed by atoms with Crippen LogP contribution in [0.25, 0.3) is 0 Å². The van der Waals surface area contributed by atoms with E-state index in [1.165, 1.54) is 17.1 Å². The van der Waals surface area contributed by atoms with Crippen LogP contribution in [0.1, 0.15) is 43.7 Å². The number of thiophene rings is 1. The molecule has 8 heteroatoms. The number of halogens is 1. The van der Waals surface area contributed by atoms with E-state index in [9.17, 15) is 14.0 Å². The van der Waals surface area contributed by atoms with E-state index in [4.69, 9.17) is 0 Å². The number of carbonyl (C=O) groups excluding carboxylic acids is 2. The van der Waals surface area contributed by atoms with Gasteiger partial charge in [-0.1, -0.05) is 18.2 Å². The van der Waals surface area contributed by atoms with Gasteiger partial charge < -0.3 is 10.6 Å². The predicted octanol–water partition coefficient (Wildman–Crippen LogP) is 3.66. The molecule has 0 radical (unpaired) electrons. The maximum absolute atomic E-state index is 13.3. The lowest BCUT2D eigenvalue weighted by atomic mass is 10.0. The van der Waals surface area contributed by atoms with Gasteiger partial charge in [-0.25, -0.2) is 14.2 Å². The summed E-state index contributed by atoms with van der Waals surface area (Å²) in [6.45, 7) is 5.39. The minimum atomic E-state index is -0.416. The number of nitrogens with one attached hydrogen (secondary N) is 2. The van der Waals surface area contributed by atoms with E-state index in [-0.39, 0.29) is 24.3 Å². The van der Waals surface area contributed by atoms with Crippen LogP contribution >= 0.6 is 11.3 Å². The van der Waals surface area contributed by atoms with Gasteiger partial charge >= 0.3 is 6.03 Å². The zero-order chi connectivity index (χ0) is 20.3. The maximum Gasteiger partial charge on any atom is 0.315 e. The van der Waals surface area contributed by atoms with E-state index in [0.717, 1.165) is 16.2 Å². The van der Waals surface area contributed by atoms with Gasteiger partial charge in [0.2, 0.25) is 0 Å². The van der Waals surface area contributed by atoms with Crippen molar-refractivity contribution >= 4 is 29.0 Å². The topological polar surface area (TPSA) is 73.8 Å². The van der Waals surface area contributed by atoms with E-state index in [2.05, 4.69) is 15.7 Å². The Morgan fingerprint density at radius 2 is 1.96 bits per heavy atom. The van der Waals surface area contributed by atoms with Crippen LogP contribution in [0.4, 0.5) is 9.18 Å². The lowest BCUT2D eigenvalue weighted by molar-refractivity contribution is -0.131. The summed E-state index contributed by atoms with van der Waals surface area (Å²) in [6.07, 6.45) is 0.534. The smallest absolute Gasteiger partial charge is 0.315 e. The van der Waals surface area contributed by atoms with Crippen LogP contribution in [-0.4, -0.2) is 34.7 Å². The van der Waals surface area contributed by atoms with Crippen molar-refractivity contribution in [1.29, 1.82) is 0 Å². The molecule has 0 saturated carbocycles. The highest BCUT2D eigenvalue weighted by Gasteiger charge is 2.33. The van der Waals surface area contributed by atoms with Gasteiger partial charge in [-0.2, -0.15) is 5.10 Å². The first-order valence-electron chi connectivity index (χ1n) is 8.98. The number of amides is 3. The van der Waals surface area contributed by atoms with Crippen LogP contribution in [0.5, 0.6) is 0 Å². The van der Waals surface area contributed by atoms with Crippen molar-refractivity contribution in [1.82, 2.24) is 15.6 Å². The van der Waals surface area contributed by atoms with Gasteiger partial charge in [-0.05, 0) is 49.9 Å². The normalized spacial score (nSPS) is 16.6. The number of hydrogen-bond donors (Lipinski definition) is 2. The fraction of sp³-hybridized carbons (Fsp3) is 0.350. The van der Waals surface area contributed by atoms with Crippen molar-refractivity contribution in [2.45, 2.75) is 38.8 Å². The number of benzene rings is 1. The molecule has 3 amide bonds. The lowest BCUT2D eigenvalue weighted by Gasteiger charge is -2.23. The molecule has 0 fully saturated rings. The van der Waals surface area contributed by atoms with Gasteiger partial charge in [-0.3, -0.25) is 4.79 Å². The molecule has 2 aromatic rings. The average molecular weight is 402 g/mol. The molecule has 1 aromatic heterocycles. The molecule has 1 unspecified atom stereocenters. The molecule has 2 heterocycles. The Bertz CT molecular complexity index is 873. The highest BCUT2D eigenvalue weighted by molar-refractivity contribution is 7.12. The maximum atomic E-state index is 13.3. The van der Waals surface area contributed by atoms with Crippen LogP contribution in [0.3, 0.4) is 0 Å². The first-order valence-corrected chi connectivity index (χ1v) is 9.86. The molecule has 0 saturated heterocycles. The molecule has 3 rings (SSSR count). The Hall–Kier alpha value is -2.74. The molecule has 28 heavy (non-hydrogen) atoms. The quantitative estimate of drug-likeness (QED) is 0.819. The second kappa shape index (κ2) is 8.10. The van der Waals surface area contributed by atoms with Crippen LogP contribution in [0.15, 0.2) is 46.9 Å². The summed E-state index contributed by atoms with van der Waals surface area (Å²) in [6, 6.07) is 9.19. The molecule has 148 valence electrons. The van der Waals surface area contributed by atoms with E-state index >= 15 is 0 Å². The van der Waals surface area contributed by atoms with Crippen LogP contribution < -0.4 is 10.6 Å². The van der Waals surface area contributed by atoms with Crippen molar-refractivity contribution in [2.24, 2.45) is 5.10 Å². The van der Waals surface area contributed by atoms with Crippen molar-refractivity contribution in [3.63, 3.8) is 0 Å². The highest BCUT2D eigenvalue weighted by atomic mass is 32.1. The van der Waals surface area contributed by atoms with Gasteiger partial charge in [-0.15, -0.1) is 11.3 Å². The second-order valence-electron chi connectivity index (χ2n) is 7.59. The van der Waals surface area contributed by atoms with Crippen molar-refractivity contribution in [2.75, 3.05) is 6.54 Å². The first kappa shape index (κ1) is 20.0. The van der Waals surface area contributed by atoms with Gasteiger partial charge in [0.15, 0.2) is 0 Å². The van der Waals surface area contributed by atoms with Crippen molar-refractivity contribution < 1.29 is 14.0 Å². The van der Waals surface area contributed by atoms with E-state index in [0.29, 0.717) is 6.42 Å². The molecule has 1 aromatic carbocycles. The molecule has 0 aliphatic carbocycles. The average Bonchev–Trinajstić information content (AvgIpc) is 3.28. The number of hydrazone groups is 1. The van der Waals surface area contributed by atoms with Crippen LogP contribution in [0.2, 0.25) is 0 Å². The Labute approximate surface area is 167 Å². The molecule has 6 nitrogen and oxygen atoms in total. The van der Waals surface area contributed by atoms with Crippen LogP contribution in [0, 0.1) is 5.82 Å². The van der Waals surface area contributed by atoms with Gasteiger partial charge in [0.05, 0.1) is 16.6 Å². The summed E-state index contributed by atoms with van der Waals surface area (Å²) < 4.78 is 13.3. The summed E-state index contributed by atoms with van der Waals surface area (Å²) in [7, 11) is 0. The molecule has 1 aliphatic rings. The SMILES string of the molecule is CC(C)(C)NC(=O)NCC(=O)N1N=C(c2cccs2)CC1c1ccc(F)cc1. The Balaban J connectivity index is 1.76. The number of carbonyl (C=O) groups is 2. The molecular weight excluding hydrogens is 379 g/mol. The summed E-state index contributed by atoms with van der Waals surface area (Å²) >= 11 is 1.55. The highest BCUT2D eigenvalue weighted by Crippen LogP contribution is 2.33. The molecule has 1 atom stereocenters. The largest absolute Gasteiger partial charge is 0.334 e. The zero-order valence-corrected chi connectivity index (χ0v) is 16.8. The number of nitrogens with zero attached hydrogens (tertiary/aromatic N) is 2. The van der Waals surface area contributed by atoms with Gasteiger partial charge in [0.25, 0.3) is 5.91 Å². The fourth-order valence-corrected chi connectivity index (χ4v) is 3.62. The Kier molecular flexibility index (Phi) is 5.79. The minimum absolute atomic E-state index is 0.180. The summed E-state index contributed by atoms with van der Waals surface area (Å²) in [5, 5.41) is 13.2. The fourth-order valence-electron chi connectivity index (χ4n) is 2.90. The molecule has 0 bridgehead atoms. The third kappa shape index (κ3) is 4.95. The third-order valence-electron chi connectivity index (χ3n) is 4.11. The third-order valence-corrected chi connectivity index (χ3v) is 5.03. The Morgan fingerprint density at radius 1 is 1.25 bits per heavy atom. The van der Waals surface area contributed by atoms with E-state index in [1.807, 2.05) is 38.3 Å². The van der Waals surface area contributed by atoms with Crippen molar-refractivity contribution in [3.8, 4) is 0 Å². The standard InChI is InChI=1S/C20H23FN4O2S/c1-20(2,3)23-19(27)22-12-18(26)25-16(13-6-8-14(21)9-7-13)11-15(24-25)17-5-4-10-28-17/h4-10,16H,11-12H2,1-3H3,(H2,22,23,27).